The second-order valence-corrected chi connectivity index (χ2v) is 6.57. The normalized spacial score (nSPS) is 12.2. The van der Waals surface area contributed by atoms with E-state index in [1.54, 1.807) is 6.20 Å². The summed E-state index contributed by atoms with van der Waals surface area (Å²) >= 11 is 0. The number of H-pyrrole nitrogens is 1. The van der Waals surface area contributed by atoms with E-state index in [1.165, 1.54) is 0 Å². The molecule has 0 aliphatic rings. The summed E-state index contributed by atoms with van der Waals surface area (Å²) < 4.78 is 11.2. The molecule has 1 atom stereocenters. The van der Waals surface area contributed by atoms with Crippen LogP contribution in [0.15, 0.2) is 60.8 Å². The maximum absolute atomic E-state index is 12.2. The quantitative estimate of drug-likeness (QED) is 0.187. The van der Waals surface area contributed by atoms with Crippen LogP contribution in [0.4, 0.5) is 9.59 Å². The van der Waals surface area contributed by atoms with Gasteiger partial charge >= 0.3 is 12.2 Å². The largest absolute Gasteiger partial charge is 0.424 e. The number of carbonyl (C=O) groups excluding carboxylic acids is 2. The van der Waals surface area contributed by atoms with E-state index < -0.39 is 23.9 Å². The molecule has 1 aromatic heterocycles. The number of aromatic nitrogens is 1. The van der Waals surface area contributed by atoms with Crippen molar-refractivity contribution in [2.45, 2.75) is 19.1 Å². The zero-order chi connectivity index (χ0) is 20.9. The predicted molar refractivity (Wildman–Crippen MR) is 107 cm³/mol. The van der Waals surface area contributed by atoms with Gasteiger partial charge in [-0.25, -0.2) is 21.3 Å². The Kier molecular flexibility index (Phi) is 6.01. The van der Waals surface area contributed by atoms with E-state index in [0.29, 0.717) is 12.0 Å². The van der Waals surface area contributed by atoms with Crippen molar-refractivity contribution in [1.29, 1.82) is 0 Å². The highest BCUT2D eigenvalue weighted by Crippen LogP contribution is 2.41. The first-order valence-electron chi connectivity index (χ1n) is 9.00. The molecule has 7 N–H and O–H groups in total. The van der Waals surface area contributed by atoms with Gasteiger partial charge in [0.05, 0.1) is 5.56 Å². The smallest absolute Gasteiger partial charge is 0.400 e. The van der Waals surface area contributed by atoms with Crippen LogP contribution in [-0.2, 0) is 21.7 Å². The minimum absolute atomic E-state index is 0.441. The number of nitrogens with one attached hydrogen (secondary N) is 3. The predicted octanol–water partition coefficient (Wildman–Crippen LogP) is 2.40. The van der Waals surface area contributed by atoms with Crippen LogP contribution in [0.5, 0.6) is 0 Å². The first kappa shape index (κ1) is 20.2. The highest BCUT2D eigenvalue weighted by Gasteiger charge is 2.48. The second-order valence-electron chi connectivity index (χ2n) is 6.57. The topological polar surface area (TPSA) is 144 Å². The first-order valence-corrected chi connectivity index (χ1v) is 9.00. The van der Waals surface area contributed by atoms with Crippen LogP contribution in [-0.4, -0.2) is 17.2 Å². The fourth-order valence-electron chi connectivity index (χ4n) is 3.39. The standard InChI is InChI=1S/C20H23N5O4/c1-13(11-14-7-3-2-4-8-14)20(28-18(26)24-21,29-19(27)25-22)16-12-23-17-10-6-5-9-15(16)17/h2-10,12-13,23H,11,21-22H2,1H3,(H,24,26)(H,25,27). The molecule has 0 aliphatic carbocycles. The minimum Gasteiger partial charge on any atom is -0.400 e. The van der Waals surface area contributed by atoms with Gasteiger partial charge in [0.1, 0.15) is 0 Å². The molecular formula is C20H23N5O4. The van der Waals surface area contributed by atoms with E-state index in [0.717, 1.165) is 16.5 Å². The van der Waals surface area contributed by atoms with E-state index in [2.05, 4.69) is 4.98 Å². The lowest BCUT2D eigenvalue weighted by molar-refractivity contribution is -0.202. The van der Waals surface area contributed by atoms with Gasteiger partial charge in [0.2, 0.25) is 0 Å². The third-order valence-electron chi connectivity index (χ3n) is 4.72. The molecule has 2 amide bonds. The third-order valence-corrected chi connectivity index (χ3v) is 4.72. The molecule has 0 aliphatic heterocycles. The van der Waals surface area contributed by atoms with Gasteiger partial charge in [0.15, 0.2) is 0 Å². The Morgan fingerprint density at radius 3 is 2.21 bits per heavy atom. The van der Waals surface area contributed by atoms with Crippen molar-refractivity contribution >= 4 is 23.1 Å². The van der Waals surface area contributed by atoms with Crippen molar-refractivity contribution in [1.82, 2.24) is 15.8 Å². The Balaban J connectivity index is 2.15. The average Bonchev–Trinajstić information content (AvgIpc) is 3.18. The van der Waals surface area contributed by atoms with E-state index >= 15 is 0 Å². The minimum atomic E-state index is -1.80. The summed E-state index contributed by atoms with van der Waals surface area (Å²) in [7, 11) is 0. The highest BCUT2D eigenvalue weighted by molar-refractivity contribution is 5.84. The molecular weight excluding hydrogens is 374 g/mol. The molecule has 2 aromatic carbocycles. The van der Waals surface area contributed by atoms with Gasteiger partial charge in [0.25, 0.3) is 5.79 Å². The van der Waals surface area contributed by atoms with Crippen LogP contribution in [0.25, 0.3) is 10.9 Å². The summed E-state index contributed by atoms with van der Waals surface area (Å²) in [6.45, 7) is 1.81. The summed E-state index contributed by atoms with van der Waals surface area (Å²) in [5.74, 6) is 8.19. The molecule has 0 fully saturated rings. The molecule has 9 nitrogen and oxygen atoms in total. The Morgan fingerprint density at radius 2 is 1.59 bits per heavy atom. The number of hydrazine groups is 2. The summed E-state index contributed by atoms with van der Waals surface area (Å²) in [5.41, 5.74) is 6.07. The fourth-order valence-corrected chi connectivity index (χ4v) is 3.39. The number of nitrogens with two attached hydrogens (primary N) is 2. The number of hydrogen-bond donors (Lipinski definition) is 5. The number of rotatable bonds is 6. The van der Waals surface area contributed by atoms with Crippen LogP contribution in [0, 0.1) is 5.92 Å². The van der Waals surface area contributed by atoms with Crippen molar-refractivity contribution in [3.63, 3.8) is 0 Å². The van der Waals surface area contributed by atoms with Gasteiger partial charge in [-0.3, -0.25) is 10.9 Å². The molecule has 0 radical (unpaired) electrons. The third kappa shape index (κ3) is 4.15. The number of hydrogen-bond acceptors (Lipinski definition) is 6. The molecule has 152 valence electrons. The molecule has 29 heavy (non-hydrogen) atoms. The number of benzene rings is 2. The van der Waals surface area contributed by atoms with Gasteiger partial charge in [0, 0.05) is 23.0 Å². The van der Waals surface area contributed by atoms with E-state index in [9.17, 15) is 9.59 Å². The van der Waals surface area contributed by atoms with Gasteiger partial charge in [-0.2, -0.15) is 0 Å². The van der Waals surface area contributed by atoms with Crippen molar-refractivity contribution in [3.8, 4) is 0 Å². The molecule has 0 saturated carbocycles. The van der Waals surface area contributed by atoms with Crippen molar-refractivity contribution in [3.05, 3.63) is 71.9 Å². The number of aromatic amines is 1. The lowest BCUT2D eigenvalue weighted by Gasteiger charge is -2.37. The maximum Gasteiger partial charge on any atom is 0.424 e. The van der Waals surface area contributed by atoms with Crippen LogP contribution >= 0.6 is 0 Å². The Hall–Kier alpha value is -3.56. The lowest BCUT2D eigenvalue weighted by atomic mass is 9.87. The van der Waals surface area contributed by atoms with Gasteiger partial charge in [-0.05, 0) is 18.1 Å². The molecule has 3 rings (SSSR count). The number of carbonyl (C=O) groups is 2. The summed E-state index contributed by atoms with van der Waals surface area (Å²) in [4.78, 5) is 27.5. The van der Waals surface area contributed by atoms with Crippen LogP contribution in [0.1, 0.15) is 18.1 Å². The number of ether oxygens (including phenoxy) is 2. The molecule has 1 heterocycles. The Morgan fingerprint density at radius 1 is 1.00 bits per heavy atom. The number of fused-ring (bicyclic) bond motifs is 1. The lowest BCUT2D eigenvalue weighted by Crippen LogP contribution is -2.49. The fraction of sp³-hybridized carbons (Fsp3) is 0.200. The maximum atomic E-state index is 12.2. The summed E-state index contributed by atoms with van der Waals surface area (Å²) in [6, 6.07) is 16.9. The van der Waals surface area contributed by atoms with Crippen LogP contribution in [0.3, 0.4) is 0 Å². The van der Waals surface area contributed by atoms with E-state index in [1.807, 2.05) is 72.4 Å². The first-order chi connectivity index (χ1) is 14.0. The highest BCUT2D eigenvalue weighted by atomic mass is 16.7. The molecule has 3 aromatic rings. The monoisotopic (exact) mass is 397 g/mol. The SMILES string of the molecule is CC(Cc1ccccc1)C(OC(=O)NN)(OC(=O)NN)c1c[nH]c2ccccc12. The Labute approximate surface area is 167 Å². The molecule has 0 bridgehead atoms. The van der Waals surface area contributed by atoms with Crippen LogP contribution < -0.4 is 22.5 Å². The van der Waals surface area contributed by atoms with Gasteiger partial charge in [-0.15, -0.1) is 0 Å². The number of para-hydroxylation sites is 1. The zero-order valence-electron chi connectivity index (χ0n) is 15.8. The zero-order valence-corrected chi connectivity index (χ0v) is 15.8. The summed E-state index contributed by atoms with van der Waals surface area (Å²) in [5, 5.41) is 0.724. The molecule has 1 unspecified atom stereocenters. The number of amides is 2. The molecule has 9 heteroatoms. The summed E-state index contributed by atoms with van der Waals surface area (Å²) in [6.07, 6.45) is 0.163. The van der Waals surface area contributed by atoms with Crippen molar-refractivity contribution < 1.29 is 19.1 Å². The second kappa shape index (κ2) is 8.63. The molecule has 0 saturated heterocycles. The van der Waals surface area contributed by atoms with Crippen molar-refractivity contribution in [2.75, 3.05) is 0 Å². The van der Waals surface area contributed by atoms with Gasteiger partial charge < -0.3 is 14.5 Å². The van der Waals surface area contributed by atoms with Gasteiger partial charge in [-0.1, -0.05) is 55.5 Å². The Bertz CT molecular complexity index is 971. The molecule has 0 spiro atoms. The van der Waals surface area contributed by atoms with Crippen molar-refractivity contribution in [2.24, 2.45) is 17.6 Å². The van der Waals surface area contributed by atoms with E-state index in [-0.39, 0.29) is 0 Å². The average molecular weight is 397 g/mol. The van der Waals surface area contributed by atoms with E-state index in [4.69, 9.17) is 21.2 Å². The van der Waals surface area contributed by atoms with Crippen LogP contribution in [0.2, 0.25) is 0 Å².